The molecule has 0 saturated carbocycles. The second-order valence-electron chi connectivity index (χ2n) is 3.11. The predicted octanol–water partition coefficient (Wildman–Crippen LogP) is 0.528. The van der Waals surface area contributed by atoms with Crippen LogP contribution in [0.4, 0.5) is 0 Å². The molecule has 0 radical (unpaired) electrons. The molecule has 14 heavy (non-hydrogen) atoms. The van der Waals surface area contributed by atoms with Gasteiger partial charge >= 0.3 is 5.97 Å². The maximum atomic E-state index is 10.2. The summed E-state index contributed by atoms with van der Waals surface area (Å²) in [5.41, 5.74) is 0. The lowest BCUT2D eigenvalue weighted by Crippen LogP contribution is -2.24. The van der Waals surface area contributed by atoms with Crippen LogP contribution in [0, 0.1) is 0 Å². The smallest absolute Gasteiger partial charge is 0.329 e. The van der Waals surface area contributed by atoms with E-state index in [1.165, 1.54) is 0 Å². The second kappa shape index (κ2) is 7.73. The van der Waals surface area contributed by atoms with Crippen LogP contribution in [0.1, 0.15) is 13.8 Å². The average molecular weight is 206 g/mol. The number of hydrogen-bond acceptors (Lipinski definition) is 4. The summed E-state index contributed by atoms with van der Waals surface area (Å²) in [4.78, 5) is 10.2. The third-order valence-electron chi connectivity index (χ3n) is 1.51. The van der Waals surface area contributed by atoms with E-state index in [0.717, 1.165) is 0 Å². The molecule has 0 aliphatic rings. The molecule has 0 aliphatic carbocycles. The highest BCUT2D eigenvalue weighted by molar-refractivity contribution is 5.68. The molecular formula is C9H18O5. The lowest BCUT2D eigenvalue weighted by atomic mass is 10.4. The molecule has 0 fully saturated rings. The molecule has 84 valence electrons. The summed E-state index contributed by atoms with van der Waals surface area (Å²) in [5.74, 6) is -0.971. The van der Waals surface area contributed by atoms with E-state index in [2.05, 4.69) is 0 Å². The Morgan fingerprint density at radius 3 is 2.29 bits per heavy atom. The Hall–Kier alpha value is -0.650. The third-order valence-corrected chi connectivity index (χ3v) is 1.51. The molecule has 0 bridgehead atoms. The van der Waals surface area contributed by atoms with E-state index in [-0.39, 0.29) is 18.8 Å². The van der Waals surface area contributed by atoms with Crippen molar-refractivity contribution in [2.75, 3.05) is 26.9 Å². The molecule has 1 N–H and O–H groups in total. The number of ether oxygens (including phenoxy) is 3. The monoisotopic (exact) mass is 206 g/mol. The predicted molar refractivity (Wildman–Crippen MR) is 50.3 cm³/mol. The number of carboxylic acids is 1. The first-order chi connectivity index (χ1) is 6.56. The van der Waals surface area contributed by atoms with Crippen molar-refractivity contribution in [3.63, 3.8) is 0 Å². The Bertz CT molecular complexity index is 159. The zero-order chi connectivity index (χ0) is 11.0. The number of carbonyl (C=O) groups is 1. The molecule has 0 aromatic rings. The van der Waals surface area contributed by atoms with Crippen LogP contribution in [-0.4, -0.2) is 50.2 Å². The molecule has 2 atom stereocenters. The summed E-state index contributed by atoms with van der Waals surface area (Å²) >= 11 is 0. The second-order valence-corrected chi connectivity index (χ2v) is 3.11. The Balaban J connectivity index is 3.42. The van der Waals surface area contributed by atoms with Crippen molar-refractivity contribution in [1.29, 1.82) is 0 Å². The highest BCUT2D eigenvalue weighted by Crippen LogP contribution is 1.97. The van der Waals surface area contributed by atoms with Gasteiger partial charge < -0.3 is 19.3 Å². The van der Waals surface area contributed by atoms with Crippen molar-refractivity contribution < 1.29 is 24.1 Å². The number of methoxy groups -OCH3 is 1. The van der Waals surface area contributed by atoms with Gasteiger partial charge in [-0.05, 0) is 13.8 Å². The van der Waals surface area contributed by atoms with Gasteiger partial charge in [0.25, 0.3) is 0 Å². The Morgan fingerprint density at radius 2 is 1.79 bits per heavy atom. The minimum Gasteiger partial charge on any atom is -0.480 e. The van der Waals surface area contributed by atoms with Gasteiger partial charge in [0.1, 0.15) is 6.61 Å². The number of aliphatic carboxylic acids is 1. The highest BCUT2D eigenvalue weighted by Gasteiger charge is 2.08. The SMILES string of the molecule is COCC(C)OCC(C)OCC(=O)O. The molecule has 0 aliphatic heterocycles. The maximum Gasteiger partial charge on any atom is 0.329 e. The number of rotatable bonds is 8. The summed E-state index contributed by atoms with van der Waals surface area (Å²) in [6, 6.07) is 0. The summed E-state index contributed by atoms with van der Waals surface area (Å²) in [6.45, 7) is 4.25. The third kappa shape index (κ3) is 7.97. The normalized spacial score (nSPS) is 15.1. The van der Waals surface area contributed by atoms with Gasteiger partial charge in [0.2, 0.25) is 0 Å². The maximum absolute atomic E-state index is 10.2. The van der Waals surface area contributed by atoms with Crippen molar-refractivity contribution in [2.45, 2.75) is 26.1 Å². The first kappa shape index (κ1) is 13.4. The molecule has 5 nitrogen and oxygen atoms in total. The largest absolute Gasteiger partial charge is 0.480 e. The van der Waals surface area contributed by atoms with Gasteiger partial charge in [-0.25, -0.2) is 4.79 Å². The minimum absolute atomic E-state index is 0.00382. The van der Waals surface area contributed by atoms with Crippen LogP contribution < -0.4 is 0 Å². The van der Waals surface area contributed by atoms with E-state index in [9.17, 15) is 4.79 Å². The number of hydrogen-bond donors (Lipinski definition) is 1. The molecule has 0 saturated heterocycles. The van der Waals surface area contributed by atoms with Crippen LogP contribution in [0.5, 0.6) is 0 Å². The van der Waals surface area contributed by atoms with Gasteiger partial charge in [0, 0.05) is 7.11 Å². The zero-order valence-corrected chi connectivity index (χ0v) is 8.86. The van der Waals surface area contributed by atoms with E-state index >= 15 is 0 Å². The van der Waals surface area contributed by atoms with Crippen LogP contribution in [0.25, 0.3) is 0 Å². The van der Waals surface area contributed by atoms with Gasteiger partial charge in [0.15, 0.2) is 0 Å². The van der Waals surface area contributed by atoms with E-state index in [1.54, 1.807) is 14.0 Å². The summed E-state index contributed by atoms with van der Waals surface area (Å²) < 4.78 is 15.2. The van der Waals surface area contributed by atoms with Crippen molar-refractivity contribution >= 4 is 5.97 Å². The molecule has 5 heteroatoms. The summed E-state index contributed by atoms with van der Waals surface area (Å²) in [6.07, 6.45) is -0.221. The van der Waals surface area contributed by atoms with E-state index in [4.69, 9.17) is 19.3 Å². The van der Waals surface area contributed by atoms with Crippen LogP contribution in [0.15, 0.2) is 0 Å². The Labute approximate surface area is 84.0 Å². The fourth-order valence-electron chi connectivity index (χ4n) is 0.844. The fraction of sp³-hybridized carbons (Fsp3) is 0.889. The van der Waals surface area contributed by atoms with Crippen LogP contribution in [0.3, 0.4) is 0 Å². The average Bonchev–Trinajstić information content (AvgIpc) is 2.12. The van der Waals surface area contributed by atoms with Gasteiger partial charge in [-0.15, -0.1) is 0 Å². The first-order valence-corrected chi connectivity index (χ1v) is 4.50. The quantitative estimate of drug-likeness (QED) is 0.627. The molecule has 0 heterocycles. The minimum atomic E-state index is -0.971. The van der Waals surface area contributed by atoms with Crippen LogP contribution >= 0.6 is 0 Å². The molecule has 2 unspecified atom stereocenters. The molecule has 0 aromatic heterocycles. The van der Waals surface area contributed by atoms with Gasteiger partial charge in [-0.2, -0.15) is 0 Å². The number of carboxylic acid groups (broad SMARTS) is 1. The lowest BCUT2D eigenvalue weighted by Gasteiger charge is -2.16. The van der Waals surface area contributed by atoms with E-state index in [0.29, 0.717) is 13.2 Å². The topological polar surface area (TPSA) is 65.0 Å². The first-order valence-electron chi connectivity index (χ1n) is 4.50. The molecule has 0 spiro atoms. The van der Waals surface area contributed by atoms with Crippen molar-refractivity contribution in [3.8, 4) is 0 Å². The van der Waals surface area contributed by atoms with Crippen molar-refractivity contribution in [1.82, 2.24) is 0 Å². The van der Waals surface area contributed by atoms with E-state index in [1.807, 2.05) is 6.92 Å². The van der Waals surface area contributed by atoms with Gasteiger partial charge in [-0.1, -0.05) is 0 Å². The van der Waals surface area contributed by atoms with Crippen molar-refractivity contribution in [2.24, 2.45) is 0 Å². The lowest BCUT2D eigenvalue weighted by molar-refractivity contribution is -0.145. The van der Waals surface area contributed by atoms with Crippen LogP contribution in [-0.2, 0) is 19.0 Å². The van der Waals surface area contributed by atoms with E-state index < -0.39 is 5.97 Å². The van der Waals surface area contributed by atoms with Gasteiger partial charge in [-0.3, -0.25) is 0 Å². The summed E-state index contributed by atoms with van der Waals surface area (Å²) in [7, 11) is 1.60. The Kier molecular flexibility index (Phi) is 7.37. The molecule has 0 amide bonds. The zero-order valence-electron chi connectivity index (χ0n) is 8.86. The summed E-state index contributed by atoms with van der Waals surface area (Å²) in [5, 5.41) is 8.34. The molecular weight excluding hydrogens is 188 g/mol. The van der Waals surface area contributed by atoms with Crippen molar-refractivity contribution in [3.05, 3.63) is 0 Å². The van der Waals surface area contributed by atoms with Gasteiger partial charge in [0.05, 0.1) is 25.4 Å². The fourth-order valence-corrected chi connectivity index (χ4v) is 0.844. The van der Waals surface area contributed by atoms with Crippen LogP contribution in [0.2, 0.25) is 0 Å². The standard InChI is InChI=1S/C9H18O5/c1-7(4-12-3)13-5-8(2)14-6-9(10)11/h7-8H,4-6H2,1-3H3,(H,10,11). The molecule has 0 aromatic carbocycles. The highest BCUT2D eigenvalue weighted by atomic mass is 16.6. The Morgan fingerprint density at radius 1 is 1.21 bits per heavy atom. The molecule has 0 rings (SSSR count).